The molecule has 3 aromatic rings. The van der Waals surface area contributed by atoms with Gasteiger partial charge in [-0.2, -0.15) is 0 Å². The van der Waals surface area contributed by atoms with E-state index in [4.69, 9.17) is 28.4 Å². The summed E-state index contributed by atoms with van der Waals surface area (Å²) in [6, 6.07) is 13.0. The number of esters is 1. The maximum atomic E-state index is 13.0. The number of rotatable bonds is 8. The maximum absolute atomic E-state index is 13.0. The number of nitrogens with one attached hydrogen (secondary N) is 1. The van der Waals surface area contributed by atoms with Gasteiger partial charge in [-0.1, -0.05) is 6.07 Å². The normalized spacial score (nSPS) is 20.0. The van der Waals surface area contributed by atoms with Crippen molar-refractivity contribution < 1.29 is 42.9 Å². The first-order valence-electron chi connectivity index (χ1n) is 12.9. The van der Waals surface area contributed by atoms with E-state index in [0.29, 0.717) is 36.0 Å². The van der Waals surface area contributed by atoms with E-state index in [0.717, 1.165) is 16.7 Å². The van der Waals surface area contributed by atoms with Gasteiger partial charge in [0.05, 0.1) is 31.7 Å². The zero-order valence-electron chi connectivity index (χ0n) is 22.2. The highest BCUT2D eigenvalue weighted by Crippen LogP contribution is 2.52. The van der Waals surface area contributed by atoms with Gasteiger partial charge in [0.25, 0.3) is 11.6 Å². The summed E-state index contributed by atoms with van der Waals surface area (Å²) in [5.74, 6) is 0.502. The van der Waals surface area contributed by atoms with Crippen molar-refractivity contribution in [2.45, 2.75) is 12.3 Å². The summed E-state index contributed by atoms with van der Waals surface area (Å²) in [4.78, 5) is 36.0. The highest BCUT2D eigenvalue weighted by Gasteiger charge is 2.48. The second-order valence-electron chi connectivity index (χ2n) is 9.90. The molecule has 1 fully saturated rings. The molecule has 3 aliphatic rings. The second kappa shape index (κ2) is 10.5. The van der Waals surface area contributed by atoms with E-state index in [1.54, 1.807) is 12.1 Å². The van der Waals surface area contributed by atoms with E-state index in [1.807, 2.05) is 12.1 Å². The van der Waals surface area contributed by atoms with Crippen LogP contribution in [0.4, 0.5) is 11.4 Å². The lowest BCUT2D eigenvalue weighted by atomic mass is 9.67. The van der Waals surface area contributed by atoms with Gasteiger partial charge >= 0.3 is 5.97 Å². The van der Waals surface area contributed by atoms with Crippen molar-refractivity contribution in [1.29, 1.82) is 0 Å². The molecular weight excluding hydrogens is 536 g/mol. The highest BCUT2D eigenvalue weighted by atomic mass is 16.7. The van der Waals surface area contributed by atoms with Gasteiger partial charge < -0.3 is 33.7 Å². The Bertz CT molecular complexity index is 1530. The molecule has 0 bridgehead atoms. The summed E-state index contributed by atoms with van der Waals surface area (Å²) in [6.45, 7) is 0.0603. The third kappa shape index (κ3) is 4.81. The van der Waals surface area contributed by atoms with E-state index in [9.17, 15) is 19.7 Å². The number of nitro benzene ring substituents is 1. The molecule has 2 aliphatic heterocycles. The number of carbonyl (C=O) groups excluding carboxylic acids is 2. The number of hydrogen-bond acceptors (Lipinski definition) is 10. The van der Waals surface area contributed by atoms with E-state index in [-0.39, 0.29) is 41.7 Å². The summed E-state index contributed by atoms with van der Waals surface area (Å²) >= 11 is 0. The number of anilines is 1. The minimum atomic E-state index is -0.546. The van der Waals surface area contributed by atoms with Crippen LogP contribution in [-0.4, -0.2) is 51.0 Å². The van der Waals surface area contributed by atoms with Crippen molar-refractivity contribution in [3.8, 4) is 28.7 Å². The number of methoxy groups -OCH3 is 2. The minimum absolute atomic E-state index is 0.00852. The Morgan fingerprint density at radius 1 is 1.05 bits per heavy atom. The smallest absolute Gasteiger partial charge is 0.310 e. The van der Waals surface area contributed by atoms with Gasteiger partial charge in [-0.15, -0.1) is 0 Å². The molecular formula is C29H26N2O10. The summed E-state index contributed by atoms with van der Waals surface area (Å²) < 4.78 is 33.8. The van der Waals surface area contributed by atoms with Crippen molar-refractivity contribution in [2.24, 2.45) is 11.8 Å². The summed E-state index contributed by atoms with van der Waals surface area (Å²) in [7, 11) is 2.93. The fraction of sp³-hybridized carbons (Fsp3) is 0.310. The Morgan fingerprint density at radius 3 is 2.49 bits per heavy atom. The Kier molecular flexibility index (Phi) is 6.73. The molecule has 3 atom stereocenters. The molecule has 1 aliphatic carbocycles. The third-order valence-electron chi connectivity index (χ3n) is 7.56. The maximum Gasteiger partial charge on any atom is 0.310 e. The molecule has 212 valence electrons. The molecule has 41 heavy (non-hydrogen) atoms. The zero-order chi connectivity index (χ0) is 28.7. The van der Waals surface area contributed by atoms with Crippen molar-refractivity contribution in [1.82, 2.24) is 0 Å². The van der Waals surface area contributed by atoms with Crippen LogP contribution in [0.15, 0.2) is 48.5 Å². The first kappa shape index (κ1) is 26.2. The molecule has 12 nitrogen and oxygen atoms in total. The van der Waals surface area contributed by atoms with E-state index >= 15 is 0 Å². The van der Waals surface area contributed by atoms with Crippen LogP contribution in [0.1, 0.15) is 22.6 Å². The lowest BCUT2D eigenvalue weighted by Gasteiger charge is -2.34. The molecule has 1 N–H and O–H groups in total. The molecule has 0 unspecified atom stereocenters. The Morgan fingerprint density at radius 2 is 1.78 bits per heavy atom. The van der Waals surface area contributed by atoms with Crippen LogP contribution in [0, 0.1) is 22.0 Å². The van der Waals surface area contributed by atoms with Crippen LogP contribution in [-0.2, 0) is 20.7 Å². The minimum Gasteiger partial charge on any atom is -0.493 e. The van der Waals surface area contributed by atoms with Crippen LogP contribution in [0.3, 0.4) is 0 Å². The number of nitro groups is 1. The number of cyclic esters (lactones) is 1. The van der Waals surface area contributed by atoms with Crippen LogP contribution in [0.5, 0.6) is 28.7 Å². The van der Waals surface area contributed by atoms with Gasteiger partial charge in [-0.05, 0) is 53.4 Å². The number of amides is 1. The third-order valence-corrected chi connectivity index (χ3v) is 7.56. The van der Waals surface area contributed by atoms with Crippen molar-refractivity contribution in [3.63, 3.8) is 0 Å². The number of non-ortho nitro benzene ring substituents is 1. The zero-order valence-corrected chi connectivity index (χ0v) is 22.2. The molecule has 0 radical (unpaired) electrons. The van der Waals surface area contributed by atoms with Crippen molar-refractivity contribution in [2.75, 3.05) is 39.5 Å². The summed E-state index contributed by atoms with van der Waals surface area (Å²) in [6.07, 6.45) is 0.675. The van der Waals surface area contributed by atoms with E-state index in [2.05, 4.69) is 5.32 Å². The average molecular weight is 563 g/mol. The van der Waals surface area contributed by atoms with Gasteiger partial charge in [0, 0.05) is 29.7 Å². The Labute approximate surface area is 234 Å². The van der Waals surface area contributed by atoms with Crippen LogP contribution < -0.4 is 29.0 Å². The molecule has 2 heterocycles. The number of fused-ring (bicyclic) bond motifs is 3. The van der Waals surface area contributed by atoms with Crippen molar-refractivity contribution >= 4 is 23.3 Å². The molecule has 1 amide bonds. The van der Waals surface area contributed by atoms with Gasteiger partial charge in [0.2, 0.25) is 12.5 Å². The van der Waals surface area contributed by atoms with Gasteiger partial charge in [-0.25, -0.2) is 0 Å². The second-order valence-corrected chi connectivity index (χ2v) is 9.90. The van der Waals surface area contributed by atoms with Crippen LogP contribution >= 0.6 is 0 Å². The lowest BCUT2D eigenvalue weighted by Crippen LogP contribution is -2.31. The predicted octanol–water partition coefficient (Wildman–Crippen LogP) is 3.84. The summed E-state index contributed by atoms with van der Waals surface area (Å²) in [5, 5.41) is 13.6. The molecule has 0 saturated carbocycles. The SMILES string of the molecule is COc1cc([C@@H]2c3cc4c(cc3C[C@H]3COC(=O)[C@@H]32)OCO4)cc(OC)c1OCC(=O)Nc1cccc([N+](=O)[O-])c1. The fourth-order valence-corrected chi connectivity index (χ4v) is 5.76. The van der Waals surface area contributed by atoms with E-state index < -0.39 is 23.4 Å². The monoisotopic (exact) mass is 562 g/mol. The average Bonchev–Trinajstić information content (AvgIpc) is 3.59. The summed E-state index contributed by atoms with van der Waals surface area (Å²) in [5.41, 5.74) is 2.85. The Hall–Kier alpha value is -5.00. The van der Waals surface area contributed by atoms with Gasteiger partial charge in [0.1, 0.15) is 0 Å². The first-order valence-corrected chi connectivity index (χ1v) is 12.9. The standard InChI is InChI=1S/C29H26N2O10/c1-36-23-8-16(9-24(37-2)28(23)38-13-25(32)30-18-4-3-5-19(10-18)31(34)35)26-20-11-22-21(40-14-41-22)7-15(20)6-17-12-39-29(33)27(17)26/h3-5,7-11,17,26-27H,6,12-14H2,1-2H3,(H,30,32)/t17-,26+,27-/m0/s1. The number of nitrogens with zero attached hydrogens (tertiary/aromatic N) is 1. The predicted molar refractivity (Wildman–Crippen MR) is 143 cm³/mol. The van der Waals surface area contributed by atoms with Crippen molar-refractivity contribution in [3.05, 3.63) is 75.3 Å². The molecule has 12 heteroatoms. The fourth-order valence-electron chi connectivity index (χ4n) is 5.76. The lowest BCUT2D eigenvalue weighted by molar-refractivity contribution is -0.384. The largest absolute Gasteiger partial charge is 0.493 e. The quantitative estimate of drug-likeness (QED) is 0.244. The number of ether oxygens (including phenoxy) is 6. The number of carbonyl (C=O) groups is 2. The van der Waals surface area contributed by atoms with Crippen LogP contribution in [0.25, 0.3) is 0 Å². The molecule has 6 rings (SSSR count). The number of hydrogen-bond donors (Lipinski definition) is 1. The topological polar surface area (TPSA) is 145 Å². The molecule has 1 saturated heterocycles. The van der Waals surface area contributed by atoms with Gasteiger partial charge in [-0.3, -0.25) is 19.7 Å². The number of benzene rings is 3. The van der Waals surface area contributed by atoms with Gasteiger partial charge in [0.15, 0.2) is 29.6 Å². The van der Waals surface area contributed by atoms with Crippen LogP contribution in [0.2, 0.25) is 0 Å². The molecule has 3 aromatic carbocycles. The molecule has 0 spiro atoms. The molecule has 0 aromatic heterocycles. The Balaban J connectivity index is 1.30. The highest BCUT2D eigenvalue weighted by molar-refractivity contribution is 5.92. The van der Waals surface area contributed by atoms with E-state index in [1.165, 1.54) is 38.5 Å². The first-order chi connectivity index (χ1) is 19.9.